The maximum Gasteiger partial charge on any atom is 0.396 e. The molecule has 194 valence electrons. The van der Waals surface area contributed by atoms with Crippen LogP contribution in [-0.2, 0) is 0 Å². The maximum atomic E-state index is 13.2. The molecule has 0 spiro atoms. The summed E-state index contributed by atoms with van der Waals surface area (Å²) in [6.45, 7) is -0.104. The van der Waals surface area contributed by atoms with Crippen molar-refractivity contribution in [3.63, 3.8) is 0 Å². The molecule has 3 N–H and O–H groups in total. The molecule has 2 fully saturated rings. The van der Waals surface area contributed by atoms with Crippen molar-refractivity contribution in [1.29, 1.82) is 0 Å². The summed E-state index contributed by atoms with van der Waals surface area (Å²) in [5.74, 6) is -3.18. The summed E-state index contributed by atoms with van der Waals surface area (Å²) in [4.78, 5) is 24.3. The summed E-state index contributed by atoms with van der Waals surface area (Å²) in [7, 11) is 0. The molecule has 8 nitrogen and oxygen atoms in total. The zero-order valence-corrected chi connectivity index (χ0v) is 19.4. The number of aromatic amines is 1. The van der Waals surface area contributed by atoms with Crippen molar-refractivity contribution in [2.45, 2.75) is 37.8 Å². The molecule has 37 heavy (non-hydrogen) atoms. The highest BCUT2D eigenvalue weighted by Crippen LogP contribution is 2.57. The zero-order chi connectivity index (χ0) is 26.0. The molecule has 0 radical (unpaired) electrons. The van der Waals surface area contributed by atoms with Crippen molar-refractivity contribution in [2.24, 2.45) is 11.3 Å². The van der Waals surface area contributed by atoms with Gasteiger partial charge in [-0.2, -0.15) is 23.3 Å². The second kappa shape index (κ2) is 8.12. The number of fused-ring (bicyclic) bond motifs is 2. The fraction of sp³-hybridized carbons (Fsp3) is 0.417. The second-order valence-corrected chi connectivity index (χ2v) is 9.93. The molecule has 4 aromatic rings. The highest BCUT2D eigenvalue weighted by Gasteiger charge is 2.63. The summed E-state index contributed by atoms with van der Waals surface area (Å²) in [5.41, 5.74) is 1.07. The highest BCUT2D eigenvalue weighted by atomic mass is 19.4. The number of nitrogens with one attached hydrogen (secondary N) is 3. The molecule has 2 aliphatic rings. The third-order valence-corrected chi connectivity index (χ3v) is 7.28. The SMILES string of the molecule is O=C(NCC1CC(F)(F)C1)c1cnn2ccc(-c3c[nH]c4nc(NCC5(C(F)(F)F)CC5)ncc34)cc12. The molecule has 13 heteroatoms. The predicted octanol–water partition coefficient (Wildman–Crippen LogP) is 4.80. The number of alkyl halides is 5. The summed E-state index contributed by atoms with van der Waals surface area (Å²) in [6, 6.07) is 3.57. The number of pyridine rings is 1. The van der Waals surface area contributed by atoms with Crippen molar-refractivity contribution in [3.8, 4) is 11.1 Å². The molecule has 0 atom stereocenters. The van der Waals surface area contributed by atoms with E-state index in [-0.39, 0.29) is 50.6 Å². The van der Waals surface area contributed by atoms with E-state index in [0.29, 0.717) is 22.1 Å². The number of H-pyrrole nitrogens is 1. The van der Waals surface area contributed by atoms with E-state index in [1.807, 2.05) is 0 Å². The predicted molar refractivity (Wildman–Crippen MR) is 124 cm³/mol. The van der Waals surface area contributed by atoms with E-state index in [4.69, 9.17) is 0 Å². The molecule has 0 unspecified atom stereocenters. The number of carbonyl (C=O) groups excluding carboxylic acids is 1. The standard InChI is InChI=1S/C24H22F5N7O/c25-23(26)6-13(7-23)8-31-20(37)17-11-34-36-4-1-14(5-18(17)36)15-9-30-19-16(15)10-32-21(35-19)33-12-22(2-3-22)24(27,28)29/h1,4-5,9-11,13H,2-3,6-8,12H2,(H,31,37)(H2,30,32,33,35). The lowest BCUT2D eigenvalue weighted by Crippen LogP contribution is -2.42. The number of anilines is 1. The Morgan fingerprint density at radius 1 is 1.22 bits per heavy atom. The first-order valence-electron chi connectivity index (χ1n) is 11.8. The number of carbonyl (C=O) groups is 1. The molecule has 0 bridgehead atoms. The van der Waals surface area contributed by atoms with Crippen LogP contribution in [0.15, 0.2) is 36.9 Å². The number of hydrogen-bond acceptors (Lipinski definition) is 5. The third kappa shape index (κ3) is 4.25. The summed E-state index contributed by atoms with van der Waals surface area (Å²) < 4.78 is 67.2. The zero-order valence-electron chi connectivity index (χ0n) is 19.4. The Balaban J connectivity index is 1.20. The van der Waals surface area contributed by atoms with E-state index in [0.717, 1.165) is 11.1 Å². The lowest BCUT2D eigenvalue weighted by molar-refractivity contribution is -0.182. The van der Waals surface area contributed by atoms with Crippen LogP contribution in [-0.4, -0.2) is 55.7 Å². The van der Waals surface area contributed by atoms with Crippen molar-refractivity contribution in [3.05, 3.63) is 42.5 Å². The summed E-state index contributed by atoms with van der Waals surface area (Å²) >= 11 is 0. The molecule has 6 rings (SSSR count). The van der Waals surface area contributed by atoms with E-state index >= 15 is 0 Å². The first kappa shape index (κ1) is 23.6. The van der Waals surface area contributed by atoms with E-state index in [1.54, 1.807) is 24.5 Å². The minimum atomic E-state index is -4.27. The van der Waals surface area contributed by atoms with E-state index in [9.17, 15) is 26.7 Å². The highest BCUT2D eigenvalue weighted by molar-refractivity contribution is 6.02. The van der Waals surface area contributed by atoms with E-state index < -0.39 is 23.4 Å². The van der Waals surface area contributed by atoms with Gasteiger partial charge >= 0.3 is 6.18 Å². The number of nitrogens with zero attached hydrogens (tertiary/aromatic N) is 4. The van der Waals surface area contributed by atoms with E-state index in [2.05, 4.69) is 30.7 Å². The Bertz CT molecular complexity index is 1500. The van der Waals surface area contributed by atoms with Crippen LogP contribution in [0.5, 0.6) is 0 Å². The average molecular weight is 519 g/mol. The van der Waals surface area contributed by atoms with Crippen LogP contribution in [0.3, 0.4) is 0 Å². The fourth-order valence-electron chi connectivity index (χ4n) is 4.78. The molecule has 0 saturated heterocycles. The van der Waals surface area contributed by atoms with Crippen molar-refractivity contribution in [1.82, 2.24) is 29.9 Å². The largest absolute Gasteiger partial charge is 0.396 e. The Kier molecular flexibility index (Phi) is 5.18. The summed E-state index contributed by atoms with van der Waals surface area (Å²) in [6.07, 6.45) is 1.82. The van der Waals surface area contributed by atoms with Gasteiger partial charge in [0, 0.05) is 55.5 Å². The monoisotopic (exact) mass is 519 g/mol. The Morgan fingerprint density at radius 2 is 2.00 bits per heavy atom. The number of amides is 1. The lowest BCUT2D eigenvalue weighted by Gasteiger charge is -2.34. The Hall–Kier alpha value is -3.77. The van der Waals surface area contributed by atoms with Gasteiger partial charge in [0.15, 0.2) is 0 Å². The van der Waals surface area contributed by atoms with Crippen LogP contribution in [0, 0.1) is 11.3 Å². The van der Waals surface area contributed by atoms with Gasteiger partial charge in [-0.1, -0.05) is 0 Å². The number of aromatic nitrogens is 5. The van der Waals surface area contributed by atoms with Crippen LogP contribution in [0.2, 0.25) is 0 Å². The molecule has 1 amide bonds. The third-order valence-electron chi connectivity index (χ3n) is 7.28. The van der Waals surface area contributed by atoms with Gasteiger partial charge in [0.05, 0.1) is 22.7 Å². The molecular weight excluding hydrogens is 497 g/mol. The van der Waals surface area contributed by atoms with Crippen molar-refractivity contribution in [2.75, 3.05) is 18.4 Å². The minimum absolute atomic E-state index is 0.0893. The second-order valence-electron chi connectivity index (χ2n) is 9.93. The van der Waals surface area contributed by atoms with E-state index in [1.165, 1.54) is 16.9 Å². The van der Waals surface area contributed by atoms with Gasteiger partial charge in [0.25, 0.3) is 5.91 Å². The van der Waals surface area contributed by atoms with Gasteiger partial charge in [-0.25, -0.2) is 18.3 Å². The minimum Gasteiger partial charge on any atom is -0.353 e. The molecule has 0 aliphatic heterocycles. The van der Waals surface area contributed by atoms with Crippen molar-refractivity contribution >= 4 is 28.4 Å². The molecule has 0 aromatic carbocycles. The van der Waals surface area contributed by atoms with Crippen LogP contribution < -0.4 is 10.6 Å². The molecular formula is C24H22F5N7O. The fourth-order valence-corrected chi connectivity index (χ4v) is 4.78. The number of hydrogen-bond donors (Lipinski definition) is 3. The van der Waals surface area contributed by atoms with Crippen LogP contribution in [0.4, 0.5) is 27.9 Å². The Morgan fingerprint density at radius 3 is 2.70 bits per heavy atom. The van der Waals surface area contributed by atoms with Gasteiger partial charge < -0.3 is 15.6 Å². The quantitative estimate of drug-likeness (QED) is 0.305. The first-order valence-corrected chi connectivity index (χ1v) is 11.8. The van der Waals surface area contributed by atoms with Gasteiger partial charge in [-0.15, -0.1) is 0 Å². The van der Waals surface area contributed by atoms with Crippen LogP contribution in [0.1, 0.15) is 36.0 Å². The van der Waals surface area contributed by atoms with Crippen LogP contribution >= 0.6 is 0 Å². The number of halogens is 5. The molecule has 4 aromatic heterocycles. The normalized spacial score (nSPS) is 18.6. The Labute approximate surface area is 206 Å². The molecule has 4 heterocycles. The molecule has 2 saturated carbocycles. The van der Waals surface area contributed by atoms with Crippen molar-refractivity contribution < 1.29 is 26.7 Å². The van der Waals surface area contributed by atoms with Gasteiger partial charge in [-0.3, -0.25) is 4.79 Å². The van der Waals surface area contributed by atoms with Gasteiger partial charge in [0.2, 0.25) is 11.9 Å². The average Bonchev–Trinajstić information content (AvgIpc) is 3.35. The first-order chi connectivity index (χ1) is 17.5. The van der Waals surface area contributed by atoms with Gasteiger partial charge in [0.1, 0.15) is 5.65 Å². The van der Waals surface area contributed by atoms with Gasteiger partial charge in [-0.05, 0) is 36.5 Å². The topological polar surface area (TPSA) is 100 Å². The molecule has 2 aliphatic carbocycles. The smallest absolute Gasteiger partial charge is 0.353 e. The van der Waals surface area contributed by atoms with Crippen LogP contribution in [0.25, 0.3) is 27.7 Å². The summed E-state index contributed by atoms with van der Waals surface area (Å²) in [5, 5.41) is 10.3. The lowest BCUT2D eigenvalue weighted by atomic mass is 9.81. The maximum absolute atomic E-state index is 13.2. The number of rotatable bonds is 7.